The Hall–Kier alpha value is -2.59. The van der Waals surface area contributed by atoms with Crippen molar-refractivity contribution in [3.63, 3.8) is 0 Å². The molecule has 1 aromatic carbocycles. The standard InChI is InChI=1S/C27H36N6O3/c1-17-7-20(11-28)24(8-23(17)19-3-5-32(6-4-19)22-12-35-13-22)31-25-9-26(30-18(2)29-25)33-15-27(16-34)10-21(33)14-36-27/h7-9,11,19,21-22,28,34H,3-6,10,12-16H2,1-2H3,(H,29,30,31). The number of anilines is 3. The predicted molar refractivity (Wildman–Crippen MR) is 139 cm³/mol. The number of fused-ring (bicyclic) bond motifs is 2. The highest BCUT2D eigenvalue weighted by molar-refractivity contribution is 5.88. The number of nitrogens with one attached hydrogen (secondary N) is 2. The Kier molecular flexibility index (Phi) is 6.19. The number of morpholine rings is 1. The van der Waals surface area contributed by atoms with Crippen LogP contribution in [0.3, 0.4) is 0 Å². The van der Waals surface area contributed by atoms with Crippen molar-refractivity contribution in [3.8, 4) is 0 Å². The first-order valence-electron chi connectivity index (χ1n) is 13.1. The molecule has 4 aliphatic heterocycles. The van der Waals surface area contributed by atoms with Crippen molar-refractivity contribution in [2.75, 3.05) is 56.3 Å². The van der Waals surface area contributed by atoms with E-state index in [9.17, 15) is 5.11 Å². The molecule has 1 aromatic heterocycles. The van der Waals surface area contributed by atoms with Gasteiger partial charge in [0, 0.05) is 30.0 Å². The Labute approximate surface area is 212 Å². The summed E-state index contributed by atoms with van der Waals surface area (Å²) in [5.41, 5.74) is 3.88. The lowest BCUT2D eigenvalue weighted by Crippen LogP contribution is -2.51. The lowest BCUT2D eigenvalue weighted by atomic mass is 9.85. The number of aliphatic hydroxyl groups is 1. The second-order valence-corrected chi connectivity index (χ2v) is 10.9. The summed E-state index contributed by atoms with van der Waals surface area (Å²) in [4.78, 5) is 14.2. The van der Waals surface area contributed by atoms with E-state index in [-0.39, 0.29) is 12.6 Å². The molecule has 2 atom stereocenters. The first kappa shape index (κ1) is 23.8. The molecule has 2 aromatic rings. The van der Waals surface area contributed by atoms with E-state index >= 15 is 0 Å². The van der Waals surface area contributed by atoms with E-state index in [0.717, 1.165) is 68.5 Å². The molecule has 4 aliphatic rings. The van der Waals surface area contributed by atoms with Crippen molar-refractivity contribution in [3.05, 3.63) is 40.7 Å². The molecule has 4 saturated heterocycles. The lowest BCUT2D eigenvalue weighted by Gasteiger charge is -2.41. The van der Waals surface area contributed by atoms with E-state index in [4.69, 9.17) is 19.9 Å². The summed E-state index contributed by atoms with van der Waals surface area (Å²) in [6.07, 6.45) is 4.52. The van der Waals surface area contributed by atoms with Gasteiger partial charge < -0.3 is 30.2 Å². The fourth-order valence-corrected chi connectivity index (χ4v) is 6.32. The predicted octanol–water partition coefficient (Wildman–Crippen LogP) is 2.75. The van der Waals surface area contributed by atoms with Gasteiger partial charge in [0.25, 0.3) is 0 Å². The number of aromatic nitrogens is 2. The third-order valence-corrected chi connectivity index (χ3v) is 8.46. The maximum Gasteiger partial charge on any atom is 0.136 e. The third kappa shape index (κ3) is 4.28. The van der Waals surface area contributed by atoms with Crippen LogP contribution in [-0.4, -0.2) is 89.9 Å². The van der Waals surface area contributed by atoms with E-state index in [2.05, 4.69) is 39.2 Å². The molecule has 2 unspecified atom stereocenters. The molecule has 6 rings (SSSR count). The third-order valence-electron chi connectivity index (χ3n) is 8.46. The summed E-state index contributed by atoms with van der Waals surface area (Å²) in [5, 5.41) is 21.4. The number of aliphatic hydroxyl groups excluding tert-OH is 1. The van der Waals surface area contributed by atoms with Crippen molar-refractivity contribution < 1.29 is 14.6 Å². The zero-order valence-electron chi connectivity index (χ0n) is 21.2. The molecule has 9 heteroatoms. The molecule has 36 heavy (non-hydrogen) atoms. The minimum absolute atomic E-state index is 0.0252. The lowest BCUT2D eigenvalue weighted by molar-refractivity contribution is -0.0712. The van der Waals surface area contributed by atoms with Crippen LogP contribution in [0.2, 0.25) is 0 Å². The van der Waals surface area contributed by atoms with E-state index in [1.54, 1.807) is 0 Å². The molecule has 2 bridgehead atoms. The molecule has 0 spiro atoms. The minimum atomic E-state index is -0.475. The molecule has 4 fully saturated rings. The van der Waals surface area contributed by atoms with Gasteiger partial charge in [-0.05, 0) is 69.0 Å². The SMILES string of the molecule is Cc1nc(Nc2cc(C3CCN(C4COC4)CC3)c(C)cc2C=N)cc(N2CC3(CO)CC2CO3)n1. The number of nitrogens with zero attached hydrogens (tertiary/aromatic N) is 4. The van der Waals surface area contributed by atoms with Crippen LogP contribution in [0.5, 0.6) is 0 Å². The first-order chi connectivity index (χ1) is 17.5. The molecule has 0 radical (unpaired) electrons. The van der Waals surface area contributed by atoms with Crippen LogP contribution in [0.25, 0.3) is 0 Å². The molecule has 3 N–H and O–H groups in total. The van der Waals surface area contributed by atoms with Crippen LogP contribution in [0, 0.1) is 19.3 Å². The summed E-state index contributed by atoms with van der Waals surface area (Å²) < 4.78 is 11.2. The van der Waals surface area contributed by atoms with E-state index in [1.165, 1.54) is 17.3 Å². The maximum atomic E-state index is 9.86. The first-order valence-corrected chi connectivity index (χ1v) is 13.1. The second-order valence-electron chi connectivity index (χ2n) is 10.9. The van der Waals surface area contributed by atoms with Gasteiger partial charge in [0.2, 0.25) is 0 Å². The number of piperidine rings is 1. The summed E-state index contributed by atoms with van der Waals surface area (Å²) >= 11 is 0. The van der Waals surface area contributed by atoms with Crippen LogP contribution < -0.4 is 10.2 Å². The highest BCUT2D eigenvalue weighted by Crippen LogP contribution is 2.40. The molecule has 192 valence electrons. The van der Waals surface area contributed by atoms with Crippen LogP contribution in [0.4, 0.5) is 17.3 Å². The van der Waals surface area contributed by atoms with Gasteiger partial charge in [0.15, 0.2) is 0 Å². The molecule has 0 saturated carbocycles. The monoisotopic (exact) mass is 492 g/mol. The fourth-order valence-electron chi connectivity index (χ4n) is 6.32. The van der Waals surface area contributed by atoms with Gasteiger partial charge in [0.05, 0.1) is 45.1 Å². The van der Waals surface area contributed by atoms with E-state index < -0.39 is 5.60 Å². The zero-order valence-corrected chi connectivity index (χ0v) is 21.2. The average molecular weight is 493 g/mol. The second kappa shape index (κ2) is 9.37. The Bertz CT molecular complexity index is 1150. The van der Waals surface area contributed by atoms with E-state index in [0.29, 0.717) is 30.9 Å². The van der Waals surface area contributed by atoms with Gasteiger partial charge in [-0.1, -0.05) is 0 Å². The van der Waals surface area contributed by atoms with Gasteiger partial charge >= 0.3 is 0 Å². The molecule has 0 aliphatic carbocycles. The van der Waals surface area contributed by atoms with Crippen molar-refractivity contribution in [1.82, 2.24) is 14.9 Å². The van der Waals surface area contributed by atoms with Gasteiger partial charge in [0.1, 0.15) is 23.1 Å². The summed E-state index contributed by atoms with van der Waals surface area (Å²) in [7, 11) is 0. The smallest absolute Gasteiger partial charge is 0.136 e. The number of hydrogen-bond acceptors (Lipinski definition) is 9. The zero-order chi connectivity index (χ0) is 24.9. The number of hydrogen-bond donors (Lipinski definition) is 3. The molecular weight excluding hydrogens is 456 g/mol. The van der Waals surface area contributed by atoms with Gasteiger partial charge in [-0.3, -0.25) is 4.90 Å². The number of rotatable bonds is 7. The van der Waals surface area contributed by atoms with Crippen molar-refractivity contribution in [1.29, 1.82) is 5.41 Å². The molecule has 0 amide bonds. The maximum absolute atomic E-state index is 9.86. The van der Waals surface area contributed by atoms with E-state index in [1.807, 2.05) is 13.0 Å². The Morgan fingerprint density at radius 3 is 2.61 bits per heavy atom. The Morgan fingerprint density at radius 1 is 1.14 bits per heavy atom. The summed E-state index contributed by atoms with van der Waals surface area (Å²) in [5.74, 6) is 2.77. The van der Waals surface area contributed by atoms with Crippen molar-refractivity contribution in [2.24, 2.45) is 0 Å². The van der Waals surface area contributed by atoms with Crippen molar-refractivity contribution >= 4 is 23.5 Å². The largest absolute Gasteiger partial charge is 0.393 e. The number of likely N-dealkylation sites (tertiary alicyclic amines) is 1. The van der Waals surface area contributed by atoms with Gasteiger partial charge in [-0.15, -0.1) is 0 Å². The highest BCUT2D eigenvalue weighted by Gasteiger charge is 2.51. The Balaban J connectivity index is 1.23. The quantitative estimate of drug-likeness (QED) is 0.507. The Morgan fingerprint density at radius 2 is 1.94 bits per heavy atom. The molecular formula is C27H36N6O3. The topological polar surface area (TPSA) is 107 Å². The summed E-state index contributed by atoms with van der Waals surface area (Å²) in [6.45, 7) is 9.30. The van der Waals surface area contributed by atoms with Crippen LogP contribution >= 0.6 is 0 Å². The van der Waals surface area contributed by atoms with Crippen molar-refractivity contribution in [2.45, 2.75) is 56.7 Å². The average Bonchev–Trinajstić information content (AvgIpc) is 3.44. The number of benzene rings is 1. The molecule has 5 heterocycles. The number of aryl methyl sites for hydroxylation is 2. The minimum Gasteiger partial charge on any atom is -0.393 e. The normalized spacial score (nSPS) is 26.9. The summed E-state index contributed by atoms with van der Waals surface area (Å²) in [6, 6.07) is 7.15. The highest BCUT2D eigenvalue weighted by atomic mass is 16.5. The van der Waals surface area contributed by atoms with Gasteiger partial charge in [-0.2, -0.15) is 0 Å². The number of ether oxygens (including phenoxy) is 2. The molecule has 9 nitrogen and oxygen atoms in total. The van der Waals surface area contributed by atoms with Crippen LogP contribution in [0.15, 0.2) is 18.2 Å². The fraction of sp³-hybridized carbons (Fsp3) is 0.593. The van der Waals surface area contributed by atoms with Crippen LogP contribution in [0.1, 0.15) is 47.7 Å². The van der Waals surface area contributed by atoms with Crippen LogP contribution in [-0.2, 0) is 9.47 Å². The van der Waals surface area contributed by atoms with Gasteiger partial charge in [-0.25, -0.2) is 9.97 Å².